The van der Waals surface area contributed by atoms with E-state index in [1.165, 1.54) is 18.2 Å². The topological polar surface area (TPSA) is 368 Å². The Bertz CT molecular complexity index is 2440. The fourth-order valence-electron chi connectivity index (χ4n) is 7.14. The largest absolute Gasteiger partial charge is 0.504 e. The lowest BCUT2D eigenvalue weighted by atomic mass is 9.71. The van der Waals surface area contributed by atoms with Crippen LogP contribution in [0.5, 0.6) is 46.0 Å². The number of carboxylic acid groups (broad SMARTS) is 2. The van der Waals surface area contributed by atoms with E-state index < -0.39 is 150 Å². The molecule has 63 heavy (non-hydrogen) atoms. The zero-order chi connectivity index (χ0) is 46.0. The number of ether oxygens (including phenoxy) is 4. The molecule has 13 N–H and O–H groups in total. The number of esters is 2. The van der Waals surface area contributed by atoms with E-state index in [2.05, 4.69) is 0 Å². The van der Waals surface area contributed by atoms with E-state index in [1.54, 1.807) is 0 Å². The van der Waals surface area contributed by atoms with E-state index in [1.807, 2.05) is 0 Å². The molecule has 0 unspecified atom stereocenters. The molecule has 2 aliphatic rings. The van der Waals surface area contributed by atoms with Crippen LogP contribution in [-0.2, 0) is 46.2 Å². The molecular weight excluding hydrogens is 840 g/mol. The average molecular weight is 881 g/mol. The van der Waals surface area contributed by atoms with Gasteiger partial charge in [0.25, 0.3) is 0 Å². The number of hydrogen-bond acceptors (Lipinski definition) is 19. The van der Waals surface area contributed by atoms with Crippen molar-refractivity contribution in [1.82, 2.24) is 0 Å². The van der Waals surface area contributed by atoms with Gasteiger partial charge >= 0.3 is 23.9 Å². The Morgan fingerprint density at radius 2 is 1.16 bits per heavy atom. The predicted molar refractivity (Wildman–Crippen MR) is 208 cm³/mol. The van der Waals surface area contributed by atoms with Gasteiger partial charge in [0.1, 0.15) is 24.4 Å². The van der Waals surface area contributed by atoms with Crippen molar-refractivity contribution in [1.29, 1.82) is 0 Å². The number of benzene rings is 4. The molecule has 0 bridgehead atoms. The Kier molecular flexibility index (Phi) is 13.2. The lowest BCUT2D eigenvalue weighted by Gasteiger charge is -2.39. The van der Waals surface area contributed by atoms with Crippen LogP contribution in [0.2, 0.25) is 0 Å². The van der Waals surface area contributed by atoms with E-state index in [9.17, 15) is 85.6 Å². The van der Waals surface area contributed by atoms with E-state index in [-0.39, 0.29) is 27.8 Å². The number of carbonyl (C=O) groups is 4. The molecule has 1 aliphatic carbocycles. The molecule has 0 spiro atoms. The van der Waals surface area contributed by atoms with Gasteiger partial charge in [0.2, 0.25) is 18.5 Å². The van der Waals surface area contributed by atoms with Crippen LogP contribution in [0.15, 0.2) is 72.3 Å². The Balaban J connectivity index is 1.49. The highest BCUT2D eigenvalue weighted by molar-refractivity contribution is 6.03. The van der Waals surface area contributed by atoms with Gasteiger partial charge in [-0.2, -0.15) is 0 Å². The average Bonchev–Trinajstić information content (AvgIpc) is 3.23. The Hall–Kier alpha value is -7.30. The molecule has 0 amide bonds. The number of hydrogen-bond donors (Lipinski definition) is 13. The van der Waals surface area contributed by atoms with Crippen LogP contribution in [0, 0.1) is 5.92 Å². The first-order chi connectivity index (χ1) is 29.8. The number of carbonyl (C=O) groups excluding carboxylic acids is 2. The number of aliphatic hydroxyl groups is 4. The van der Waals surface area contributed by atoms with Crippen LogP contribution in [0.4, 0.5) is 0 Å². The van der Waals surface area contributed by atoms with Crippen molar-refractivity contribution >= 4 is 30.0 Å². The highest BCUT2D eigenvalue weighted by Gasteiger charge is 2.47. The summed E-state index contributed by atoms with van der Waals surface area (Å²) in [5.74, 6) is -15.1. The summed E-state index contributed by atoms with van der Waals surface area (Å²) in [6.45, 7) is -0.841. The van der Waals surface area contributed by atoms with Crippen LogP contribution < -0.4 is 4.74 Å². The zero-order valence-corrected chi connectivity index (χ0v) is 32.3. The number of phenols is 7. The molecule has 1 heterocycles. The summed E-state index contributed by atoms with van der Waals surface area (Å²) in [6, 6.07) is 11.8. The van der Waals surface area contributed by atoms with E-state index >= 15 is 0 Å². The fourth-order valence-corrected chi connectivity index (χ4v) is 7.14. The van der Waals surface area contributed by atoms with Crippen LogP contribution in [0.3, 0.4) is 0 Å². The summed E-state index contributed by atoms with van der Waals surface area (Å²) in [5, 5.41) is 133. The maximum Gasteiger partial charge on any atom is 0.345 e. The molecule has 1 aliphatic heterocycles. The van der Waals surface area contributed by atoms with Crippen molar-refractivity contribution in [3.63, 3.8) is 0 Å². The number of rotatable bonds is 14. The van der Waals surface area contributed by atoms with E-state index in [0.29, 0.717) is 0 Å². The van der Waals surface area contributed by atoms with Crippen molar-refractivity contribution in [3.8, 4) is 46.0 Å². The molecule has 0 radical (unpaired) electrons. The Morgan fingerprint density at radius 3 is 1.68 bits per heavy atom. The summed E-state index contributed by atoms with van der Waals surface area (Å²) in [4.78, 5) is 53.9. The predicted octanol–water partition coefficient (Wildman–Crippen LogP) is 0.428. The van der Waals surface area contributed by atoms with Gasteiger partial charge in [-0.25, -0.2) is 14.4 Å². The number of phenolic OH excluding ortho intramolecular Hbond substituents is 7. The molecule has 334 valence electrons. The van der Waals surface area contributed by atoms with Gasteiger partial charge < -0.3 is 85.3 Å². The first-order valence-corrected chi connectivity index (χ1v) is 18.7. The highest BCUT2D eigenvalue weighted by atomic mass is 16.7. The third-order valence-electron chi connectivity index (χ3n) is 10.4. The minimum atomic E-state index is -2.06. The van der Waals surface area contributed by atoms with Crippen LogP contribution in [0.1, 0.15) is 33.7 Å². The van der Waals surface area contributed by atoms with Crippen molar-refractivity contribution in [2.75, 3.05) is 6.61 Å². The van der Waals surface area contributed by atoms with Crippen LogP contribution >= 0.6 is 0 Å². The van der Waals surface area contributed by atoms with Crippen LogP contribution in [0.25, 0.3) is 6.08 Å². The summed E-state index contributed by atoms with van der Waals surface area (Å²) in [5.41, 5.74) is -0.833. The second-order valence-electron chi connectivity index (χ2n) is 14.6. The Labute approximate surface area is 354 Å². The monoisotopic (exact) mass is 880 g/mol. The number of carboxylic acids is 2. The van der Waals surface area contributed by atoms with Gasteiger partial charge in [-0.05, 0) is 82.4 Å². The lowest BCUT2D eigenvalue weighted by molar-refractivity contribution is -0.277. The maximum absolute atomic E-state index is 14.6. The van der Waals surface area contributed by atoms with E-state index in [0.717, 1.165) is 54.6 Å². The molecule has 9 atom stereocenters. The molecule has 21 nitrogen and oxygen atoms in total. The van der Waals surface area contributed by atoms with Crippen molar-refractivity contribution in [2.45, 2.75) is 61.7 Å². The normalized spacial score (nSPS) is 22.7. The number of aliphatic hydroxyl groups excluding tert-OH is 4. The molecule has 0 aromatic heterocycles. The highest BCUT2D eigenvalue weighted by Crippen LogP contribution is 2.49. The third-order valence-corrected chi connectivity index (χ3v) is 10.4. The number of aromatic hydroxyl groups is 7. The summed E-state index contributed by atoms with van der Waals surface area (Å²) >= 11 is 0. The smallest absolute Gasteiger partial charge is 0.345 e. The minimum Gasteiger partial charge on any atom is -0.504 e. The second kappa shape index (κ2) is 18.4. The summed E-state index contributed by atoms with van der Waals surface area (Å²) < 4.78 is 22.0. The first-order valence-electron chi connectivity index (χ1n) is 18.7. The van der Waals surface area contributed by atoms with Gasteiger partial charge in [0.15, 0.2) is 46.0 Å². The standard InChI is InChI=1S/C42H40O21/c43-15-32-35(51)36(52)37(53)42(63-32)62-29-14-20-19(13-28(29)50)11-21(40(58)60-30(38(54)55)9-16-1-4-22(44)25(47)7-16)34(33(20)18-3-6-24(46)27(49)12-18)41(59)61-31(39(56)57)10-17-2-5-23(45)26(48)8-17/h1-8,11-14,30-37,42-53H,9-10,15H2,(H,54,55)(H,56,57)/t30-,31-,32-,33-,34-,35-,36+,37-,42-/m1/s1. The summed E-state index contributed by atoms with van der Waals surface area (Å²) in [6.07, 6.45) is -13.3. The zero-order valence-electron chi connectivity index (χ0n) is 32.3. The third kappa shape index (κ3) is 9.61. The lowest BCUT2D eigenvalue weighted by Crippen LogP contribution is -2.60. The van der Waals surface area contributed by atoms with Gasteiger partial charge in [-0.1, -0.05) is 18.2 Å². The number of fused-ring (bicyclic) bond motifs is 1. The van der Waals surface area contributed by atoms with Crippen molar-refractivity contribution in [3.05, 3.63) is 100 Å². The molecule has 0 saturated carbocycles. The van der Waals surface area contributed by atoms with Gasteiger partial charge in [-0.3, -0.25) is 4.79 Å². The second-order valence-corrected chi connectivity index (χ2v) is 14.6. The molecule has 4 aromatic rings. The van der Waals surface area contributed by atoms with Gasteiger partial charge in [0.05, 0.1) is 18.1 Å². The SMILES string of the molecule is O=C(O[C@H](Cc1ccc(O)c(O)c1)C(=O)O)C1=Cc2cc(O)c(O[C@@H]3O[C@H](CO)[C@@H](O)[C@H](O)[C@H]3O)cc2[C@@H](c2ccc(O)c(O)c2)[C@@H]1C(=O)O[C@H](Cc1ccc(O)c(O)c1)C(=O)O. The number of aliphatic carboxylic acids is 2. The van der Waals surface area contributed by atoms with Gasteiger partial charge in [0, 0.05) is 18.8 Å². The fraction of sp³-hybridized carbons (Fsp3) is 0.286. The van der Waals surface area contributed by atoms with E-state index in [4.69, 9.17) is 18.9 Å². The van der Waals surface area contributed by atoms with Crippen molar-refractivity contribution in [2.24, 2.45) is 5.92 Å². The first kappa shape index (κ1) is 45.2. The minimum absolute atomic E-state index is 0.0599. The summed E-state index contributed by atoms with van der Waals surface area (Å²) in [7, 11) is 0. The van der Waals surface area contributed by atoms with Crippen LogP contribution in [-0.4, -0.2) is 140 Å². The Morgan fingerprint density at radius 1 is 0.619 bits per heavy atom. The molecule has 4 aromatic carbocycles. The molecule has 1 saturated heterocycles. The van der Waals surface area contributed by atoms with Gasteiger partial charge in [-0.15, -0.1) is 0 Å². The molecule has 1 fully saturated rings. The molecule has 6 rings (SSSR count). The molecule has 21 heteroatoms. The quantitative estimate of drug-likeness (QED) is 0.0603. The molecular formula is C42H40O21. The van der Waals surface area contributed by atoms with Crippen molar-refractivity contribution < 1.29 is 105 Å². The maximum atomic E-state index is 14.6.